The Hall–Kier alpha value is -3.90. The Kier molecular flexibility index (Phi) is 9.09. The van der Waals surface area contributed by atoms with E-state index >= 15 is 0 Å². The fraction of sp³-hybridized carbons (Fsp3) is 0.388. The molecule has 5 aromatic carbocycles. The van der Waals surface area contributed by atoms with E-state index in [0.717, 1.165) is 12.3 Å². The van der Waals surface area contributed by atoms with Gasteiger partial charge in [-0.2, -0.15) is 0 Å². The van der Waals surface area contributed by atoms with Crippen LogP contribution in [-0.4, -0.2) is 0 Å². The van der Waals surface area contributed by atoms with Gasteiger partial charge in [0, 0.05) is 5.41 Å². The molecule has 0 nitrogen and oxygen atoms in total. The molecule has 2 fully saturated rings. The minimum atomic E-state index is -0.206. The second kappa shape index (κ2) is 13.8. The third-order valence-electron chi connectivity index (χ3n) is 12.7. The molecule has 0 bridgehead atoms. The summed E-state index contributed by atoms with van der Waals surface area (Å²) in [7, 11) is 0. The molecule has 1 atom stereocenters. The second-order valence-electron chi connectivity index (χ2n) is 15.7. The topological polar surface area (TPSA) is 0 Å². The van der Waals surface area contributed by atoms with Gasteiger partial charge < -0.3 is 0 Å². The third kappa shape index (κ3) is 6.00. The Morgan fingerprint density at radius 2 is 1.20 bits per heavy atom. The quantitative estimate of drug-likeness (QED) is 0.173. The van der Waals surface area contributed by atoms with E-state index < -0.39 is 0 Å². The fourth-order valence-corrected chi connectivity index (χ4v) is 9.89. The van der Waals surface area contributed by atoms with Crippen molar-refractivity contribution in [2.45, 2.75) is 121 Å². The Bertz CT molecular complexity index is 2020. The van der Waals surface area contributed by atoms with E-state index in [-0.39, 0.29) is 5.41 Å². The predicted molar refractivity (Wildman–Crippen MR) is 213 cm³/mol. The maximum absolute atomic E-state index is 2.58. The molecule has 0 radical (unpaired) electrons. The summed E-state index contributed by atoms with van der Waals surface area (Å²) in [6, 6.07) is 36.1. The molecule has 49 heavy (non-hydrogen) atoms. The van der Waals surface area contributed by atoms with Gasteiger partial charge >= 0.3 is 0 Å². The Morgan fingerprint density at radius 3 is 1.94 bits per heavy atom. The van der Waals surface area contributed by atoms with Crippen molar-refractivity contribution in [2.75, 3.05) is 0 Å². The lowest BCUT2D eigenvalue weighted by atomic mass is 9.68. The number of hydrogen-bond donors (Lipinski definition) is 0. The molecule has 250 valence electrons. The Morgan fingerprint density at radius 1 is 0.592 bits per heavy atom. The van der Waals surface area contributed by atoms with E-state index in [1.165, 1.54) is 143 Å². The first-order valence-electron chi connectivity index (χ1n) is 19.6. The molecule has 0 amide bonds. The van der Waals surface area contributed by atoms with Gasteiger partial charge in [-0.25, -0.2) is 0 Å². The predicted octanol–water partition coefficient (Wildman–Crippen LogP) is 14.3. The molecule has 1 unspecified atom stereocenters. The molecule has 5 aromatic rings. The van der Waals surface area contributed by atoms with Crippen LogP contribution in [0.15, 0.2) is 103 Å². The number of aryl methyl sites for hydroxylation is 2. The minimum absolute atomic E-state index is 0.206. The summed E-state index contributed by atoms with van der Waals surface area (Å²) in [5.74, 6) is 1.39. The first-order chi connectivity index (χ1) is 24.1. The van der Waals surface area contributed by atoms with Gasteiger partial charge in [-0.05, 0) is 124 Å². The highest BCUT2D eigenvalue weighted by molar-refractivity contribution is 6.13. The van der Waals surface area contributed by atoms with E-state index in [0.29, 0.717) is 5.92 Å². The Labute approximate surface area is 295 Å². The largest absolute Gasteiger partial charge is 0.0689 e. The summed E-state index contributed by atoms with van der Waals surface area (Å²) in [5, 5.41) is 5.46. The molecular formula is C49H54. The average molecular weight is 643 g/mol. The summed E-state index contributed by atoms with van der Waals surface area (Å²) in [6.45, 7) is 6.98. The van der Waals surface area contributed by atoms with E-state index in [2.05, 4.69) is 124 Å². The van der Waals surface area contributed by atoms with Gasteiger partial charge in [0.2, 0.25) is 0 Å². The number of rotatable bonds is 6. The highest BCUT2D eigenvalue weighted by Crippen LogP contribution is 2.54. The van der Waals surface area contributed by atoms with Crippen LogP contribution in [0, 0.1) is 13.8 Å². The Balaban J connectivity index is 1.35. The fourth-order valence-electron chi connectivity index (χ4n) is 9.89. The summed E-state index contributed by atoms with van der Waals surface area (Å²) in [6.07, 6.45) is 22.5. The summed E-state index contributed by atoms with van der Waals surface area (Å²) in [4.78, 5) is 0. The molecule has 2 saturated carbocycles. The van der Waals surface area contributed by atoms with Crippen molar-refractivity contribution in [2.24, 2.45) is 0 Å². The smallest absolute Gasteiger partial charge is 0.0394 e. The van der Waals surface area contributed by atoms with Crippen molar-refractivity contribution in [3.8, 4) is 0 Å². The van der Waals surface area contributed by atoms with Gasteiger partial charge in [0.25, 0.3) is 0 Å². The molecule has 3 aliphatic carbocycles. The summed E-state index contributed by atoms with van der Waals surface area (Å²) in [5.41, 5.74) is 12.7. The molecule has 0 heterocycles. The maximum atomic E-state index is 2.58. The van der Waals surface area contributed by atoms with Crippen LogP contribution in [0.25, 0.3) is 32.7 Å². The first-order valence-corrected chi connectivity index (χ1v) is 19.6. The van der Waals surface area contributed by atoms with Gasteiger partial charge in [0.1, 0.15) is 0 Å². The van der Waals surface area contributed by atoms with Crippen LogP contribution in [0.3, 0.4) is 0 Å². The number of allylic oxidation sites excluding steroid dienone is 4. The zero-order chi connectivity index (χ0) is 33.4. The molecule has 0 heteroatoms. The van der Waals surface area contributed by atoms with Crippen LogP contribution in [0.1, 0.15) is 141 Å². The first kappa shape index (κ1) is 32.3. The highest BCUT2D eigenvalue weighted by atomic mass is 14.4. The highest BCUT2D eigenvalue weighted by Gasteiger charge is 2.40. The molecule has 8 rings (SSSR count). The van der Waals surface area contributed by atoms with Gasteiger partial charge in [0.15, 0.2) is 0 Å². The summed E-state index contributed by atoms with van der Waals surface area (Å²) < 4.78 is 0. The number of fused-ring (bicyclic) bond motifs is 2. The standard InChI is InChI=1S/C49H54/c1-4-49(42-28-26-38(27-29-42)36-14-11-8-12-15-36)31-30-44(48(49)47-35(3)21-23-40-22-20-34(2)32-46(40)47)43-19-13-18-39-24-25-41(33-45(39)43)37-16-9-6-5-7-10-17-37/h13,18-33,36-37H,4-12,14-17H2,1-3H3. The maximum Gasteiger partial charge on any atom is 0.0394 e. The van der Waals surface area contributed by atoms with Crippen LogP contribution in [0.4, 0.5) is 0 Å². The third-order valence-corrected chi connectivity index (χ3v) is 12.7. The van der Waals surface area contributed by atoms with Crippen molar-refractivity contribution in [1.82, 2.24) is 0 Å². The lowest BCUT2D eigenvalue weighted by Gasteiger charge is -2.34. The van der Waals surface area contributed by atoms with Crippen molar-refractivity contribution < 1.29 is 0 Å². The zero-order valence-electron chi connectivity index (χ0n) is 30.2. The van der Waals surface area contributed by atoms with E-state index in [9.17, 15) is 0 Å². The normalized spacial score (nSPS) is 21.0. The van der Waals surface area contributed by atoms with Crippen LogP contribution in [0.5, 0.6) is 0 Å². The van der Waals surface area contributed by atoms with Crippen LogP contribution < -0.4 is 0 Å². The van der Waals surface area contributed by atoms with Crippen molar-refractivity contribution in [1.29, 1.82) is 0 Å². The van der Waals surface area contributed by atoms with Crippen LogP contribution >= 0.6 is 0 Å². The average Bonchev–Trinajstić information content (AvgIpc) is 3.51. The van der Waals surface area contributed by atoms with Crippen molar-refractivity contribution in [3.63, 3.8) is 0 Å². The lowest BCUT2D eigenvalue weighted by molar-refractivity contribution is 0.443. The molecular weight excluding hydrogens is 589 g/mol. The van der Waals surface area contributed by atoms with Crippen molar-refractivity contribution in [3.05, 3.63) is 142 Å². The molecule has 0 aliphatic heterocycles. The van der Waals surface area contributed by atoms with Gasteiger partial charge in [0.05, 0.1) is 0 Å². The van der Waals surface area contributed by atoms with E-state index in [4.69, 9.17) is 0 Å². The minimum Gasteiger partial charge on any atom is -0.0689 e. The van der Waals surface area contributed by atoms with Crippen molar-refractivity contribution >= 4 is 32.7 Å². The molecule has 0 N–H and O–H groups in total. The van der Waals surface area contributed by atoms with Gasteiger partial charge in [-0.15, -0.1) is 0 Å². The van der Waals surface area contributed by atoms with Gasteiger partial charge in [-0.3, -0.25) is 0 Å². The lowest BCUT2D eigenvalue weighted by Crippen LogP contribution is -2.24. The van der Waals surface area contributed by atoms with Crippen LogP contribution in [-0.2, 0) is 5.41 Å². The number of benzene rings is 5. The monoisotopic (exact) mass is 642 g/mol. The van der Waals surface area contributed by atoms with E-state index in [1.807, 2.05) is 0 Å². The van der Waals surface area contributed by atoms with E-state index in [1.54, 1.807) is 5.56 Å². The molecule has 0 aromatic heterocycles. The molecule has 0 spiro atoms. The molecule has 3 aliphatic rings. The van der Waals surface area contributed by atoms with Crippen LogP contribution in [0.2, 0.25) is 0 Å². The van der Waals surface area contributed by atoms with Gasteiger partial charge in [-0.1, -0.05) is 167 Å². The zero-order valence-corrected chi connectivity index (χ0v) is 30.2. The second-order valence-corrected chi connectivity index (χ2v) is 15.7. The SMILES string of the molecule is CCC1(c2ccc(C3CCCCC3)cc2)C=CC(c2cccc3ccc(C4CCCCCCC4)cc23)=C1c1c(C)ccc2ccc(C)cc12. The summed E-state index contributed by atoms with van der Waals surface area (Å²) >= 11 is 0. The number of hydrogen-bond acceptors (Lipinski definition) is 0. The molecule has 0 saturated heterocycles.